The van der Waals surface area contributed by atoms with Crippen LogP contribution in [0.3, 0.4) is 0 Å². The third-order valence-electron chi connectivity index (χ3n) is 2.22. The van der Waals surface area contributed by atoms with Crippen molar-refractivity contribution in [3.63, 3.8) is 0 Å². The van der Waals surface area contributed by atoms with E-state index in [9.17, 15) is 0 Å². The van der Waals surface area contributed by atoms with E-state index in [1.54, 1.807) is 0 Å². The van der Waals surface area contributed by atoms with Gasteiger partial charge >= 0.3 is 0 Å². The maximum Gasteiger partial charge on any atom is 0.0591 e. The largest absolute Gasteiger partial charge is 0.380 e. The van der Waals surface area contributed by atoms with Gasteiger partial charge in [-0.25, -0.2) is 0 Å². The lowest BCUT2D eigenvalue weighted by atomic mass is 10.3. The number of aryl methyl sites for hydroxylation is 1. The van der Waals surface area contributed by atoms with Gasteiger partial charge in [0.05, 0.1) is 6.61 Å². The molecule has 0 radical (unpaired) electrons. The van der Waals surface area contributed by atoms with Gasteiger partial charge in [0, 0.05) is 29.5 Å². The van der Waals surface area contributed by atoms with Crippen LogP contribution in [-0.4, -0.2) is 19.8 Å². The van der Waals surface area contributed by atoms with Gasteiger partial charge in [-0.05, 0) is 31.9 Å². The van der Waals surface area contributed by atoms with E-state index >= 15 is 0 Å². The second kappa shape index (κ2) is 8.50. The van der Waals surface area contributed by atoms with E-state index in [1.807, 2.05) is 17.4 Å². The van der Waals surface area contributed by atoms with Crippen LogP contribution < -0.4 is 5.32 Å². The number of rotatable bonds is 9. The van der Waals surface area contributed by atoms with Gasteiger partial charge in [0.15, 0.2) is 0 Å². The van der Waals surface area contributed by atoms with E-state index in [0.717, 1.165) is 39.1 Å². The maximum atomic E-state index is 5.47. The number of nitrogens with one attached hydrogen (secondary N) is 1. The number of hydrogen-bond acceptors (Lipinski definition) is 3. The van der Waals surface area contributed by atoms with Crippen LogP contribution in [0.5, 0.6) is 0 Å². The molecule has 0 saturated heterocycles. The Kier molecular flexibility index (Phi) is 7.14. The van der Waals surface area contributed by atoms with Crippen LogP contribution in [0.15, 0.2) is 24.8 Å². The molecule has 0 aliphatic heterocycles. The Labute approximate surface area is 102 Å². The predicted molar refractivity (Wildman–Crippen MR) is 71.0 cm³/mol. The third-order valence-corrected chi connectivity index (χ3v) is 3.22. The quantitative estimate of drug-likeness (QED) is 0.528. The lowest BCUT2D eigenvalue weighted by Crippen LogP contribution is -2.18. The molecule has 0 aromatic carbocycles. The number of thiophene rings is 1. The molecule has 1 rings (SSSR count). The summed E-state index contributed by atoms with van der Waals surface area (Å²) in [5, 5.41) is 3.37. The van der Waals surface area contributed by atoms with Crippen LogP contribution in [0.25, 0.3) is 0 Å². The Bertz CT molecular complexity index is 296. The van der Waals surface area contributed by atoms with Gasteiger partial charge in [0.25, 0.3) is 0 Å². The van der Waals surface area contributed by atoms with Crippen molar-refractivity contribution in [2.45, 2.75) is 26.3 Å². The normalized spacial score (nSPS) is 10.6. The maximum absolute atomic E-state index is 5.47. The summed E-state index contributed by atoms with van der Waals surface area (Å²) >= 11 is 1.85. The Hall–Kier alpha value is -0.640. The summed E-state index contributed by atoms with van der Waals surface area (Å²) in [7, 11) is 0. The minimum Gasteiger partial charge on any atom is -0.380 e. The summed E-state index contributed by atoms with van der Waals surface area (Å²) in [5.74, 6) is 0. The summed E-state index contributed by atoms with van der Waals surface area (Å²) in [4.78, 5) is 2.77. The highest BCUT2D eigenvalue weighted by atomic mass is 32.1. The fraction of sp³-hybridized carbons (Fsp3) is 0.538. The Morgan fingerprint density at radius 3 is 3.00 bits per heavy atom. The number of ether oxygens (including phenoxy) is 1. The van der Waals surface area contributed by atoms with E-state index in [4.69, 9.17) is 4.74 Å². The molecule has 0 spiro atoms. The van der Waals surface area contributed by atoms with E-state index in [-0.39, 0.29) is 0 Å². The molecule has 1 aromatic rings. The van der Waals surface area contributed by atoms with E-state index in [0.29, 0.717) is 0 Å². The smallest absolute Gasteiger partial charge is 0.0591 e. The van der Waals surface area contributed by atoms with Crippen molar-refractivity contribution in [2.75, 3.05) is 19.8 Å². The first-order valence-corrected chi connectivity index (χ1v) is 6.59. The van der Waals surface area contributed by atoms with Gasteiger partial charge in [-0.1, -0.05) is 6.08 Å². The number of allylic oxidation sites excluding steroid dienone is 1. The predicted octanol–water partition coefficient (Wildman–Crippen LogP) is 3.13. The summed E-state index contributed by atoms with van der Waals surface area (Å²) in [6.07, 6.45) is 4.05. The second-order valence-corrected chi connectivity index (χ2v) is 5.10. The molecule has 0 fully saturated rings. The molecule has 0 aliphatic rings. The van der Waals surface area contributed by atoms with E-state index in [1.165, 1.54) is 9.75 Å². The summed E-state index contributed by atoms with van der Waals surface area (Å²) in [6, 6.07) is 4.34. The molecule has 0 aliphatic carbocycles. The minimum atomic E-state index is 0.793. The molecule has 90 valence electrons. The molecule has 1 aromatic heterocycles. The first-order chi connectivity index (χ1) is 7.83. The molecule has 2 nitrogen and oxygen atoms in total. The van der Waals surface area contributed by atoms with Crippen molar-refractivity contribution in [1.82, 2.24) is 5.32 Å². The number of unbranched alkanes of at least 4 members (excludes halogenated alkanes) is 1. The van der Waals surface area contributed by atoms with E-state index in [2.05, 4.69) is 31.0 Å². The average molecular weight is 239 g/mol. The molecule has 0 unspecified atom stereocenters. The zero-order valence-electron chi connectivity index (χ0n) is 10.00. The monoisotopic (exact) mass is 239 g/mol. The molecule has 0 amide bonds. The van der Waals surface area contributed by atoms with Crippen molar-refractivity contribution in [3.05, 3.63) is 34.5 Å². The average Bonchev–Trinajstić information content (AvgIpc) is 2.68. The topological polar surface area (TPSA) is 21.3 Å². The summed E-state index contributed by atoms with van der Waals surface area (Å²) < 4.78 is 5.47. The Morgan fingerprint density at radius 2 is 2.31 bits per heavy atom. The van der Waals surface area contributed by atoms with Crippen molar-refractivity contribution in [3.8, 4) is 0 Å². The van der Waals surface area contributed by atoms with Crippen molar-refractivity contribution < 1.29 is 4.74 Å². The molecule has 16 heavy (non-hydrogen) atoms. The van der Waals surface area contributed by atoms with Crippen LogP contribution in [0.2, 0.25) is 0 Å². The fourth-order valence-corrected chi connectivity index (χ4v) is 2.23. The van der Waals surface area contributed by atoms with Crippen LogP contribution in [0, 0.1) is 6.92 Å². The number of hydrogen-bond donors (Lipinski definition) is 1. The van der Waals surface area contributed by atoms with Crippen molar-refractivity contribution in [2.24, 2.45) is 0 Å². The molecular weight excluding hydrogens is 218 g/mol. The first kappa shape index (κ1) is 13.4. The molecule has 1 N–H and O–H groups in total. The van der Waals surface area contributed by atoms with Gasteiger partial charge in [-0.3, -0.25) is 0 Å². The highest BCUT2D eigenvalue weighted by Gasteiger charge is 1.95. The molecular formula is C13H21NOS. The highest BCUT2D eigenvalue weighted by Crippen LogP contribution is 2.14. The molecule has 0 bridgehead atoms. The zero-order chi connectivity index (χ0) is 11.6. The molecule has 1 heterocycles. The minimum absolute atomic E-state index is 0.793. The lowest BCUT2D eigenvalue weighted by molar-refractivity contribution is 0.134. The van der Waals surface area contributed by atoms with Gasteiger partial charge in [-0.15, -0.1) is 17.9 Å². The standard InChI is InChI=1S/C13H21NOS/c1-3-4-5-9-15-10-8-14-11-13-7-6-12(2)16-13/h3,6-7,14H,1,4-5,8-11H2,2H3. The summed E-state index contributed by atoms with van der Waals surface area (Å²) in [6.45, 7) is 9.32. The van der Waals surface area contributed by atoms with Crippen LogP contribution in [-0.2, 0) is 11.3 Å². The van der Waals surface area contributed by atoms with Gasteiger partial charge < -0.3 is 10.1 Å². The Morgan fingerprint density at radius 1 is 1.44 bits per heavy atom. The van der Waals surface area contributed by atoms with Crippen molar-refractivity contribution in [1.29, 1.82) is 0 Å². The zero-order valence-corrected chi connectivity index (χ0v) is 10.8. The van der Waals surface area contributed by atoms with Crippen molar-refractivity contribution >= 4 is 11.3 Å². The van der Waals surface area contributed by atoms with Crippen LogP contribution >= 0.6 is 11.3 Å². The van der Waals surface area contributed by atoms with Gasteiger partial charge in [-0.2, -0.15) is 0 Å². The van der Waals surface area contributed by atoms with E-state index < -0.39 is 0 Å². The van der Waals surface area contributed by atoms with Gasteiger partial charge in [0.2, 0.25) is 0 Å². The highest BCUT2D eigenvalue weighted by molar-refractivity contribution is 7.11. The lowest BCUT2D eigenvalue weighted by Gasteiger charge is -2.04. The first-order valence-electron chi connectivity index (χ1n) is 5.77. The SMILES string of the molecule is C=CCCCOCCNCc1ccc(C)s1. The fourth-order valence-electron chi connectivity index (χ4n) is 1.37. The molecule has 0 atom stereocenters. The van der Waals surface area contributed by atoms with Crippen LogP contribution in [0.1, 0.15) is 22.6 Å². The third kappa shape index (κ3) is 6.05. The molecule has 3 heteroatoms. The second-order valence-electron chi connectivity index (χ2n) is 3.73. The molecule has 0 saturated carbocycles. The summed E-state index contributed by atoms with van der Waals surface area (Å²) in [5.41, 5.74) is 0. The van der Waals surface area contributed by atoms with Crippen LogP contribution in [0.4, 0.5) is 0 Å². The van der Waals surface area contributed by atoms with Gasteiger partial charge in [0.1, 0.15) is 0 Å². The Balaban J connectivity index is 1.90.